The molecule has 0 saturated carbocycles. The van der Waals surface area contributed by atoms with Crippen LogP contribution in [0.15, 0.2) is 158 Å². The molecule has 0 bridgehead atoms. The van der Waals surface area contributed by atoms with E-state index in [1.54, 1.807) is 0 Å². The van der Waals surface area contributed by atoms with E-state index < -0.39 is 0 Å². The summed E-state index contributed by atoms with van der Waals surface area (Å²) in [6.45, 7) is 6.16. The maximum atomic E-state index is 10.2. The Balaban J connectivity index is 1.33. The molecule has 0 aliphatic carbocycles. The van der Waals surface area contributed by atoms with Crippen molar-refractivity contribution in [2.45, 2.75) is 6.92 Å². The summed E-state index contributed by atoms with van der Waals surface area (Å²) in [5.74, 6) is 0. The summed E-state index contributed by atoms with van der Waals surface area (Å²) in [6.07, 6.45) is 4.06. The van der Waals surface area contributed by atoms with Crippen LogP contribution in [0.25, 0.3) is 66.1 Å². The van der Waals surface area contributed by atoms with Crippen LogP contribution in [0.3, 0.4) is 0 Å². The second-order valence-electron chi connectivity index (χ2n) is 12.4. The van der Waals surface area contributed by atoms with Crippen LogP contribution in [0.4, 0.5) is 0 Å². The van der Waals surface area contributed by atoms with Crippen LogP contribution in [-0.2, 0) is 0 Å². The van der Waals surface area contributed by atoms with E-state index >= 15 is 0 Å². The molecule has 0 fully saturated rings. The quantitative estimate of drug-likeness (QED) is 0.132. The van der Waals surface area contributed by atoms with Crippen molar-refractivity contribution in [3.05, 3.63) is 180 Å². The first kappa shape index (κ1) is 30.9. The van der Waals surface area contributed by atoms with E-state index in [0.717, 1.165) is 71.7 Å². The molecule has 238 valence electrons. The molecule has 0 saturated heterocycles. The van der Waals surface area contributed by atoms with Crippen LogP contribution in [0.1, 0.15) is 29.2 Å². The number of hydrogen-bond acceptors (Lipinski definition) is 3. The molecular weight excluding hydrogens is 623 g/mol. The summed E-state index contributed by atoms with van der Waals surface area (Å²) in [6, 6.07) is 51.4. The number of nitriles is 3. The summed E-state index contributed by atoms with van der Waals surface area (Å²) in [4.78, 5) is 0. The standard InChI is InChI=1S/C46H29N5/c1-3-33(36-21-19-32(29-49)24-46(36)51-43-17-8-4-13-37(43)38-14-5-9-18-44(38)51)26-40(30(2)27-47)34-11-10-12-35(25-34)50-42-16-7-6-15-39(42)41-23-31(28-48)20-22-45(41)50/h3-26H,2H2,1H3/b33-3+,40-26+. The fourth-order valence-electron chi connectivity index (χ4n) is 7.22. The first-order chi connectivity index (χ1) is 25.0. The fraction of sp³-hybridized carbons (Fsp3) is 0.0217. The van der Waals surface area contributed by atoms with Crippen molar-refractivity contribution in [2.24, 2.45) is 0 Å². The second-order valence-corrected chi connectivity index (χ2v) is 12.4. The molecule has 2 aromatic heterocycles. The third kappa shape index (κ3) is 5.08. The molecule has 0 radical (unpaired) electrons. The lowest BCUT2D eigenvalue weighted by molar-refractivity contribution is 1.17. The lowest BCUT2D eigenvalue weighted by Gasteiger charge is -2.17. The van der Waals surface area contributed by atoms with Gasteiger partial charge in [0.05, 0.1) is 62.7 Å². The van der Waals surface area contributed by atoms with Gasteiger partial charge in [0.15, 0.2) is 0 Å². The number of allylic oxidation sites excluding steroid dienone is 5. The van der Waals surface area contributed by atoms with Crippen molar-refractivity contribution in [3.8, 4) is 29.6 Å². The zero-order valence-electron chi connectivity index (χ0n) is 27.8. The van der Waals surface area contributed by atoms with E-state index in [9.17, 15) is 15.8 Å². The van der Waals surface area contributed by atoms with E-state index in [1.807, 2.05) is 104 Å². The zero-order chi connectivity index (χ0) is 35.1. The van der Waals surface area contributed by atoms with Gasteiger partial charge >= 0.3 is 0 Å². The Morgan fingerprint density at radius 2 is 1.16 bits per heavy atom. The zero-order valence-corrected chi connectivity index (χ0v) is 27.8. The number of rotatable bonds is 6. The minimum atomic E-state index is 0.333. The molecule has 0 aliphatic rings. The molecule has 0 spiro atoms. The van der Waals surface area contributed by atoms with E-state index in [2.05, 4.69) is 82.5 Å². The minimum Gasteiger partial charge on any atom is -0.309 e. The highest BCUT2D eigenvalue weighted by atomic mass is 15.0. The normalized spacial score (nSPS) is 11.9. The molecule has 5 nitrogen and oxygen atoms in total. The Labute approximate surface area is 295 Å². The van der Waals surface area contributed by atoms with Crippen LogP contribution in [-0.4, -0.2) is 9.13 Å². The van der Waals surface area contributed by atoms with Gasteiger partial charge < -0.3 is 9.13 Å². The van der Waals surface area contributed by atoms with Crippen molar-refractivity contribution >= 4 is 54.8 Å². The summed E-state index contributed by atoms with van der Waals surface area (Å²) in [5.41, 5.74) is 10.7. The topological polar surface area (TPSA) is 81.2 Å². The van der Waals surface area contributed by atoms with Crippen LogP contribution >= 0.6 is 0 Å². The second kappa shape index (κ2) is 12.6. The number of fused-ring (bicyclic) bond motifs is 6. The van der Waals surface area contributed by atoms with Crippen molar-refractivity contribution < 1.29 is 0 Å². The Kier molecular flexibility index (Phi) is 7.62. The number of hydrogen-bond donors (Lipinski definition) is 0. The average molecular weight is 652 g/mol. The van der Waals surface area contributed by atoms with Crippen LogP contribution in [0.2, 0.25) is 0 Å². The molecule has 0 atom stereocenters. The highest BCUT2D eigenvalue weighted by Crippen LogP contribution is 2.38. The molecule has 0 amide bonds. The van der Waals surface area contributed by atoms with E-state index in [0.29, 0.717) is 22.3 Å². The molecular formula is C46H29N5. The van der Waals surface area contributed by atoms with Crippen LogP contribution in [0, 0.1) is 34.0 Å². The van der Waals surface area contributed by atoms with E-state index in [1.165, 1.54) is 0 Å². The van der Waals surface area contributed by atoms with Gasteiger partial charge in [-0.15, -0.1) is 0 Å². The van der Waals surface area contributed by atoms with Crippen molar-refractivity contribution in [3.63, 3.8) is 0 Å². The molecule has 0 N–H and O–H groups in total. The lowest BCUT2D eigenvalue weighted by Crippen LogP contribution is -2.01. The number of aromatic nitrogens is 2. The highest BCUT2D eigenvalue weighted by Gasteiger charge is 2.19. The maximum absolute atomic E-state index is 10.2. The number of nitrogens with zero attached hydrogens (tertiary/aromatic N) is 5. The minimum absolute atomic E-state index is 0.333. The Bertz CT molecular complexity index is 2870. The van der Waals surface area contributed by atoms with Crippen LogP contribution < -0.4 is 0 Å². The molecule has 51 heavy (non-hydrogen) atoms. The monoisotopic (exact) mass is 651 g/mol. The average Bonchev–Trinajstić information content (AvgIpc) is 3.70. The molecule has 8 aromatic rings. The van der Waals surface area contributed by atoms with Crippen molar-refractivity contribution in [1.29, 1.82) is 15.8 Å². The van der Waals surface area contributed by atoms with Gasteiger partial charge in [0.1, 0.15) is 0 Å². The van der Waals surface area contributed by atoms with Gasteiger partial charge in [-0.2, -0.15) is 15.8 Å². The molecule has 8 rings (SSSR count). The largest absolute Gasteiger partial charge is 0.309 e. The summed E-state index contributed by atoms with van der Waals surface area (Å²) >= 11 is 0. The Hall–Kier alpha value is -7.39. The van der Waals surface area contributed by atoms with Gasteiger partial charge in [-0.3, -0.25) is 0 Å². The highest BCUT2D eigenvalue weighted by molar-refractivity contribution is 6.11. The van der Waals surface area contributed by atoms with Gasteiger partial charge in [0, 0.05) is 32.8 Å². The molecule has 6 aromatic carbocycles. The third-order valence-corrected chi connectivity index (χ3v) is 9.55. The fourth-order valence-corrected chi connectivity index (χ4v) is 7.22. The molecule has 0 aliphatic heterocycles. The van der Waals surface area contributed by atoms with Gasteiger partial charge in [0.25, 0.3) is 0 Å². The van der Waals surface area contributed by atoms with Crippen LogP contribution in [0.5, 0.6) is 0 Å². The summed E-state index contributed by atoms with van der Waals surface area (Å²) in [5, 5.41) is 34.1. The van der Waals surface area contributed by atoms with Gasteiger partial charge in [0.2, 0.25) is 0 Å². The first-order valence-corrected chi connectivity index (χ1v) is 16.6. The maximum Gasteiger partial charge on any atom is 0.0992 e. The predicted octanol–water partition coefficient (Wildman–Crippen LogP) is 11.2. The van der Waals surface area contributed by atoms with Crippen molar-refractivity contribution in [2.75, 3.05) is 0 Å². The number of benzene rings is 6. The van der Waals surface area contributed by atoms with Gasteiger partial charge in [-0.1, -0.05) is 85.5 Å². The van der Waals surface area contributed by atoms with Gasteiger partial charge in [-0.05, 0) is 90.4 Å². The predicted molar refractivity (Wildman–Crippen MR) is 207 cm³/mol. The Morgan fingerprint density at radius 1 is 0.588 bits per heavy atom. The first-order valence-electron chi connectivity index (χ1n) is 16.6. The summed E-state index contributed by atoms with van der Waals surface area (Å²) in [7, 11) is 0. The van der Waals surface area contributed by atoms with E-state index in [-0.39, 0.29) is 0 Å². The SMILES string of the molecule is C=C(C#N)/C(=C\C(=C/C)c1ccc(C#N)cc1-n1c2ccccc2c2ccccc21)c1cccc(-n2c3ccccc3c3cc(C#N)ccc32)c1. The van der Waals surface area contributed by atoms with Crippen molar-refractivity contribution in [1.82, 2.24) is 9.13 Å². The summed E-state index contributed by atoms with van der Waals surface area (Å²) < 4.78 is 4.41. The molecule has 0 unspecified atom stereocenters. The van der Waals surface area contributed by atoms with E-state index in [4.69, 9.17) is 0 Å². The molecule has 5 heteroatoms. The molecule has 2 heterocycles. The Morgan fingerprint density at radius 3 is 1.78 bits per heavy atom. The van der Waals surface area contributed by atoms with Gasteiger partial charge in [-0.25, -0.2) is 0 Å². The number of para-hydroxylation sites is 3. The third-order valence-electron chi connectivity index (χ3n) is 9.55. The lowest BCUT2D eigenvalue weighted by atomic mass is 9.93. The smallest absolute Gasteiger partial charge is 0.0992 e.